The first kappa shape index (κ1) is 22.1. The first-order valence-electron chi connectivity index (χ1n) is 11.4. The number of likely N-dealkylation sites (tertiary alicyclic amines) is 1. The van der Waals surface area contributed by atoms with E-state index in [1.807, 2.05) is 61.8 Å². The zero-order chi connectivity index (χ0) is 23.5. The lowest BCUT2D eigenvalue weighted by Gasteiger charge is -2.32. The van der Waals surface area contributed by atoms with Crippen LogP contribution >= 0.6 is 12.2 Å². The van der Waals surface area contributed by atoms with Crippen molar-refractivity contribution in [3.63, 3.8) is 0 Å². The quantitative estimate of drug-likeness (QED) is 0.287. The number of fused-ring (bicyclic) bond motifs is 1. The predicted molar refractivity (Wildman–Crippen MR) is 136 cm³/mol. The summed E-state index contributed by atoms with van der Waals surface area (Å²) in [4.78, 5) is 30.4. The van der Waals surface area contributed by atoms with E-state index in [0.717, 1.165) is 65.4 Å². The van der Waals surface area contributed by atoms with E-state index >= 15 is 0 Å². The summed E-state index contributed by atoms with van der Waals surface area (Å²) in [5.74, 6) is -0.152. The monoisotopic (exact) mass is 474 g/mol. The molecule has 8 nitrogen and oxygen atoms in total. The molecule has 1 aromatic carbocycles. The van der Waals surface area contributed by atoms with E-state index in [9.17, 15) is 4.79 Å². The molecule has 3 aromatic heterocycles. The zero-order valence-corrected chi connectivity index (χ0v) is 19.7. The van der Waals surface area contributed by atoms with Crippen molar-refractivity contribution in [2.24, 2.45) is 5.92 Å². The fourth-order valence-corrected chi connectivity index (χ4v) is 4.54. The van der Waals surface area contributed by atoms with E-state index in [0.29, 0.717) is 11.7 Å². The molecule has 0 atom stereocenters. The number of hydrogen-bond donors (Lipinski definition) is 3. The molecule has 3 N–H and O–H groups in total. The van der Waals surface area contributed by atoms with Gasteiger partial charge in [-0.25, -0.2) is 9.97 Å². The Bertz CT molecular complexity index is 1290. The molecule has 4 heterocycles. The number of H-pyrrole nitrogens is 2. The Morgan fingerprint density at radius 1 is 1.06 bits per heavy atom. The van der Waals surface area contributed by atoms with Crippen LogP contribution in [-0.4, -0.2) is 55.6 Å². The summed E-state index contributed by atoms with van der Waals surface area (Å²) in [5, 5.41) is 3.97. The molecule has 0 amide bonds. The molecule has 5 rings (SSSR count). The lowest BCUT2D eigenvalue weighted by atomic mass is 9.97. The number of hydrogen-bond acceptors (Lipinski definition) is 5. The van der Waals surface area contributed by atoms with Crippen molar-refractivity contribution in [2.45, 2.75) is 19.8 Å². The Morgan fingerprint density at radius 3 is 2.29 bits per heavy atom. The van der Waals surface area contributed by atoms with Crippen LogP contribution in [0.15, 0.2) is 54.9 Å². The van der Waals surface area contributed by atoms with E-state index in [1.54, 1.807) is 0 Å². The van der Waals surface area contributed by atoms with E-state index in [1.165, 1.54) is 0 Å². The van der Waals surface area contributed by atoms with E-state index < -0.39 is 0 Å². The van der Waals surface area contributed by atoms with Gasteiger partial charge in [-0.15, -0.1) is 0 Å². The van der Waals surface area contributed by atoms with Crippen molar-refractivity contribution in [1.29, 1.82) is 0 Å². The van der Waals surface area contributed by atoms with E-state index in [-0.39, 0.29) is 11.9 Å². The molecule has 1 saturated heterocycles. The highest BCUT2D eigenvalue weighted by atomic mass is 32.1. The topological polar surface area (TPSA) is 98.9 Å². The molecule has 0 spiro atoms. The summed E-state index contributed by atoms with van der Waals surface area (Å²) in [6.45, 7) is 3.70. The molecule has 0 saturated carbocycles. The molecule has 0 radical (unpaired) electrons. The molecule has 9 heteroatoms. The van der Waals surface area contributed by atoms with Crippen molar-refractivity contribution in [1.82, 2.24) is 24.8 Å². The first-order valence-corrected chi connectivity index (χ1v) is 11.8. The van der Waals surface area contributed by atoms with Crippen LogP contribution in [0.2, 0.25) is 0 Å². The number of anilines is 1. The Labute approximate surface area is 202 Å². The molecule has 0 bridgehead atoms. The highest BCUT2D eigenvalue weighted by Gasteiger charge is 2.27. The lowest BCUT2D eigenvalue weighted by Crippen LogP contribution is -2.42. The van der Waals surface area contributed by atoms with Crippen LogP contribution in [0.25, 0.3) is 33.8 Å². The van der Waals surface area contributed by atoms with Crippen LogP contribution in [0.4, 0.5) is 5.69 Å². The van der Waals surface area contributed by atoms with Crippen LogP contribution in [0, 0.1) is 5.92 Å². The predicted octanol–water partition coefficient (Wildman–Crippen LogP) is 4.59. The average molecular weight is 475 g/mol. The van der Waals surface area contributed by atoms with Crippen molar-refractivity contribution in [3.05, 3.63) is 54.9 Å². The van der Waals surface area contributed by atoms with E-state index in [2.05, 4.69) is 20.2 Å². The SMILES string of the molecule is CCOC(=O)C1CCN(C(=S)Nc2ccc3nc(-c4ccc[nH]4)c(-c4ccc[nH]4)nc3c2)CC1. The minimum Gasteiger partial charge on any atom is -0.466 e. The normalized spacial score (nSPS) is 14.3. The van der Waals surface area contributed by atoms with Crippen LogP contribution < -0.4 is 5.32 Å². The fraction of sp³-hybridized carbons (Fsp3) is 0.280. The summed E-state index contributed by atoms with van der Waals surface area (Å²) < 4.78 is 5.16. The van der Waals surface area contributed by atoms with Gasteiger partial charge in [0.05, 0.1) is 34.9 Å². The van der Waals surface area contributed by atoms with Crippen molar-refractivity contribution < 1.29 is 9.53 Å². The number of ether oxygens (including phenoxy) is 1. The van der Waals surface area contributed by atoms with E-state index in [4.69, 9.17) is 26.9 Å². The second-order valence-electron chi connectivity index (χ2n) is 8.24. The molecule has 1 fully saturated rings. The summed E-state index contributed by atoms with van der Waals surface area (Å²) in [6.07, 6.45) is 5.24. The van der Waals surface area contributed by atoms with Gasteiger partial charge in [0.2, 0.25) is 0 Å². The largest absolute Gasteiger partial charge is 0.466 e. The van der Waals surface area contributed by atoms with Gasteiger partial charge in [-0.1, -0.05) is 0 Å². The summed E-state index contributed by atoms with van der Waals surface area (Å²) in [6, 6.07) is 13.7. The molecule has 1 aliphatic rings. The molecular weight excluding hydrogens is 448 g/mol. The van der Waals surface area contributed by atoms with Gasteiger partial charge in [-0.2, -0.15) is 0 Å². The first-order chi connectivity index (χ1) is 16.6. The maximum atomic E-state index is 12.0. The van der Waals surface area contributed by atoms with Crippen molar-refractivity contribution >= 4 is 40.0 Å². The van der Waals surface area contributed by atoms with Crippen LogP contribution in [0.3, 0.4) is 0 Å². The van der Waals surface area contributed by atoms with Crippen molar-refractivity contribution in [3.8, 4) is 22.8 Å². The number of nitrogens with one attached hydrogen (secondary N) is 3. The van der Waals surface area contributed by atoms with Crippen LogP contribution in [0.5, 0.6) is 0 Å². The Morgan fingerprint density at radius 2 is 1.71 bits per heavy atom. The van der Waals surface area contributed by atoms with Crippen molar-refractivity contribution in [2.75, 3.05) is 25.0 Å². The lowest BCUT2D eigenvalue weighted by molar-refractivity contribution is -0.149. The Hall–Kier alpha value is -3.72. The minimum atomic E-state index is -0.106. The Kier molecular flexibility index (Phi) is 6.27. The molecule has 0 aliphatic carbocycles. The summed E-state index contributed by atoms with van der Waals surface area (Å²) in [7, 11) is 0. The number of carbonyl (C=O) groups is 1. The number of thiocarbonyl (C=S) groups is 1. The average Bonchev–Trinajstić information content (AvgIpc) is 3.58. The second-order valence-corrected chi connectivity index (χ2v) is 8.62. The number of aromatic nitrogens is 4. The van der Waals surface area contributed by atoms with Crippen LogP contribution in [0.1, 0.15) is 19.8 Å². The smallest absolute Gasteiger partial charge is 0.309 e. The number of piperidine rings is 1. The summed E-state index contributed by atoms with van der Waals surface area (Å²) >= 11 is 5.65. The van der Waals surface area contributed by atoms with Gasteiger partial charge in [0, 0.05) is 31.2 Å². The second kappa shape index (κ2) is 9.64. The highest BCUT2D eigenvalue weighted by molar-refractivity contribution is 7.80. The Balaban J connectivity index is 1.36. The standard InChI is InChI=1S/C25H26N6O2S/c1-2-33-24(32)16-9-13-31(14-10-16)25(34)28-17-7-8-18-21(15-17)30-23(20-6-4-12-27-20)22(29-18)19-5-3-11-26-19/h3-8,11-12,15-16,26-27H,2,9-10,13-14H2,1H3,(H,28,34). The van der Waals surface area contributed by atoms with Gasteiger partial charge in [0.15, 0.2) is 5.11 Å². The van der Waals surface area contributed by atoms with Gasteiger partial charge in [-0.05, 0) is 74.4 Å². The van der Waals surface area contributed by atoms with Gasteiger partial charge in [-0.3, -0.25) is 4.79 Å². The number of carbonyl (C=O) groups excluding carboxylic acids is 1. The highest BCUT2D eigenvalue weighted by Crippen LogP contribution is 2.30. The maximum absolute atomic E-state index is 12.0. The third-order valence-corrected chi connectivity index (χ3v) is 6.38. The third-order valence-electron chi connectivity index (χ3n) is 6.02. The van der Waals surface area contributed by atoms with Gasteiger partial charge >= 0.3 is 5.97 Å². The molecule has 4 aromatic rings. The summed E-state index contributed by atoms with van der Waals surface area (Å²) in [5.41, 5.74) is 5.80. The number of rotatable bonds is 5. The molecule has 0 unspecified atom stereocenters. The minimum absolute atomic E-state index is 0.0461. The number of nitrogens with zero attached hydrogens (tertiary/aromatic N) is 3. The maximum Gasteiger partial charge on any atom is 0.309 e. The fourth-order valence-electron chi connectivity index (χ4n) is 4.24. The molecule has 1 aliphatic heterocycles. The van der Waals surface area contributed by atoms with Gasteiger partial charge in [0.1, 0.15) is 11.4 Å². The van der Waals surface area contributed by atoms with Crippen LogP contribution in [-0.2, 0) is 9.53 Å². The molecular formula is C25H26N6O2S. The molecule has 174 valence electrons. The zero-order valence-electron chi connectivity index (χ0n) is 18.9. The number of esters is 1. The van der Waals surface area contributed by atoms with Gasteiger partial charge < -0.3 is 24.9 Å². The third kappa shape index (κ3) is 4.51. The molecule has 34 heavy (non-hydrogen) atoms. The number of benzene rings is 1. The van der Waals surface area contributed by atoms with Gasteiger partial charge in [0.25, 0.3) is 0 Å². The number of aromatic amines is 2.